The Kier molecular flexibility index (Phi) is 2.89. The van der Waals surface area contributed by atoms with Gasteiger partial charge in [-0.3, -0.25) is 0 Å². The first kappa shape index (κ1) is 10.4. The van der Waals surface area contributed by atoms with Gasteiger partial charge in [-0.2, -0.15) is 0 Å². The van der Waals surface area contributed by atoms with Crippen LogP contribution in [0.2, 0.25) is 0 Å². The number of nitrogens with two attached hydrogens (primary N) is 1. The number of rotatable bonds is 4. The van der Waals surface area contributed by atoms with Gasteiger partial charge in [0.05, 0.1) is 5.60 Å². The molecular formula is C13H17NO. The zero-order valence-corrected chi connectivity index (χ0v) is 9.07. The van der Waals surface area contributed by atoms with E-state index in [0.717, 1.165) is 12.8 Å². The van der Waals surface area contributed by atoms with Crippen molar-refractivity contribution < 1.29 is 4.74 Å². The van der Waals surface area contributed by atoms with Crippen LogP contribution in [0.25, 0.3) is 6.08 Å². The van der Waals surface area contributed by atoms with Crippen LogP contribution >= 0.6 is 0 Å². The van der Waals surface area contributed by atoms with Gasteiger partial charge in [0.15, 0.2) is 0 Å². The molecule has 2 nitrogen and oxygen atoms in total. The Morgan fingerprint density at radius 3 is 2.87 bits per heavy atom. The fourth-order valence-corrected chi connectivity index (χ4v) is 1.85. The van der Waals surface area contributed by atoms with E-state index in [1.54, 1.807) is 7.11 Å². The van der Waals surface area contributed by atoms with E-state index in [2.05, 4.69) is 30.3 Å². The molecule has 0 radical (unpaired) electrons. The smallest absolute Gasteiger partial charge is 0.0930 e. The van der Waals surface area contributed by atoms with E-state index in [1.165, 1.54) is 11.1 Å². The van der Waals surface area contributed by atoms with Gasteiger partial charge in [0.2, 0.25) is 0 Å². The van der Waals surface area contributed by atoms with Crippen molar-refractivity contribution in [3.8, 4) is 0 Å². The summed E-state index contributed by atoms with van der Waals surface area (Å²) in [6, 6.07) is 8.48. The lowest BCUT2D eigenvalue weighted by Crippen LogP contribution is -2.08. The maximum Gasteiger partial charge on any atom is 0.0930 e. The molecule has 0 spiro atoms. The summed E-state index contributed by atoms with van der Waals surface area (Å²) in [6.07, 6.45) is 6.28. The molecule has 1 aliphatic carbocycles. The maximum absolute atomic E-state index is 5.55. The van der Waals surface area contributed by atoms with Crippen molar-refractivity contribution in [2.24, 2.45) is 5.73 Å². The van der Waals surface area contributed by atoms with Crippen LogP contribution in [0, 0.1) is 0 Å². The Hall–Kier alpha value is -1.12. The summed E-state index contributed by atoms with van der Waals surface area (Å²) in [4.78, 5) is 0. The normalized spacial score (nSPS) is 18.3. The Morgan fingerprint density at radius 2 is 2.27 bits per heavy atom. The van der Waals surface area contributed by atoms with Crippen LogP contribution in [-0.4, -0.2) is 13.7 Å². The molecule has 0 atom stereocenters. The predicted octanol–water partition coefficient (Wildman–Crippen LogP) is 2.29. The third-order valence-electron chi connectivity index (χ3n) is 2.95. The van der Waals surface area contributed by atoms with Gasteiger partial charge in [-0.15, -0.1) is 0 Å². The highest BCUT2D eigenvalue weighted by Gasteiger charge is 2.44. The summed E-state index contributed by atoms with van der Waals surface area (Å²) < 4.78 is 5.55. The number of hydrogen-bond donors (Lipinski definition) is 1. The second-order valence-electron chi connectivity index (χ2n) is 3.96. The molecule has 0 saturated heterocycles. The molecule has 1 aromatic carbocycles. The van der Waals surface area contributed by atoms with E-state index in [1.807, 2.05) is 6.08 Å². The van der Waals surface area contributed by atoms with Crippen LogP contribution < -0.4 is 5.73 Å². The van der Waals surface area contributed by atoms with E-state index in [9.17, 15) is 0 Å². The number of ether oxygens (including phenoxy) is 1. The third kappa shape index (κ3) is 2.11. The summed E-state index contributed by atoms with van der Waals surface area (Å²) in [5, 5.41) is 0. The lowest BCUT2D eigenvalue weighted by atomic mass is 10.0. The molecule has 0 aliphatic heterocycles. The molecule has 80 valence electrons. The zero-order chi connectivity index (χ0) is 10.7. The van der Waals surface area contributed by atoms with Crippen LogP contribution in [0.1, 0.15) is 24.0 Å². The number of methoxy groups -OCH3 is 1. The van der Waals surface area contributed by atoms with Gasteiger partial charge in [-0.1, -0.05) is 30.4 Å². The highest BCUT2D eigenvalue weighted by molar-refractivity contribution is 5.51. The standard InChI is InChI=1S/C13H17NO/c1-15-13(7-8-13)12-6-2-4-11(10-12)5-3-9-14/h2-6,10H,7-9,14H2,1H3/b5-3+. The first-order valence-corrected chi connectivity index (χ1v) is 5.33. The zero-order valence-electron chi connectivity index (χ0n) is 9.07. The van der Waals surface area contributed by atoms with Gasteiger partial charge in [0.25, 0.3) is 0 Å². The van der Waals surface area contributed by atoms with E-state index >= 15 is 0 Å². The molecule has 0 bridgehead atoms. The molecule has 1 fully saturated rings. The second-order valence-corrected chi connectivity index (χ2v) is 3.96. The minimum Gasteiger partial charge on any atom is -0.374 e. The molecule has 1 aromatic rings. The molecule has 0 amide bonds. The Labute approximate surface area is 90.7 Å². The van der Waals surface area contributed by atoms with Crippen LogP contribution in [0.5, 0.6) is 0 Å². The molecule has 2 heteroatoms. The van der Waals surface area contributed by atoms with Crippen LogP contribution in [0.3, 0.4) is 0 Å². The molecule has 0 unspecified atom stereocenters. The molecule has 0 aromatic heterocycles. The van der Waals surface area contributed by atoms with E-state index in [4.69, 9.17) is 10.5 Å². The second kappa shape index (κ2) is 4.17. The van der Waals surface area contributed by atoms with Crippen molar-refractivity contribution in [2.75, 3.05) is 13.7 Å². The Bertz CT molecular complexity index is 367. The molecular weight excluding hydrogens is 186 g/mol. The fourth-order valence-electron chi connectivity index (χ4n) is 1.85. The van der Waals surface area contributed by atoms with E-state index < -0.39 is 0 Å². The molecule has 15 heavy (non-hydrogen) atoms. The fraction of sp³-hybridized carbons (Fsp3) is 0.385. The first-order chi connectivity index (χ1) is 7.30. The lowest BCUT2D eigenvalue weighted by Gasteiger charge is -2.13. The highest BCUT2D eigenvalue weighted by Crippen LogP contribution is 2.48. The minimum absolute atomic E-state index is 0.00651. The predicted molar refractivity (Wildman–Crippen MR) is 62.5 cm³/mol. The molecule has 1 aliphatic rings. The van der Waals surface area contributed by atoms with Gasteiger partial charge in [-0.25, -0.2) is 0 Å². The van der Waals surface area contributed by atoms with Crippen molar-refractivity contribution in [3.63, 3.8) is 0 Å². The number of hydrogen-bond acceptors (Lipinski definition) is 2. The van der Waals surface area contributed by atoms with E-state index in [0.29, 0.717) is 6.54 Å². The molecule has 0 heterocycles. The highest BCUT2D eigenvalue weighted by atomic mass is 16.5. The topological polar surface area (TPSA) is 35.2 Å². The largest absolute Gasteiger partial charge is 0.374 e. The minimum atomic E-state index is 0.00651. The average Bonchev–Trinajstić information content (AvgIpc) is 3.08. The van der Waals surface area contributed by atoms with Gasteiger partial charge in [-0.05, 0) is 30.0 Å². The summed E-state index contributed by atoms with van der Waals surface area (Å²) in [5.41, 5.74) is 7.91. The van der Waals surface area contributed by atoms with Crippen LogP contribution in [0.15, 0.2) is 30.3 Å². The molecule has 2 N–H and O–H groups in total. The molecule has 1 saturated carbocycles. The number of benzene rings is 1. The quantitative estimate of drug-likeness (QED) is 0.815. The third-order valence-corrected chi connectivity index (χ3v) is 2.95. The average molecular weight is 203 g/mol. The van der Waals surface area contributed by atoms with Crippen molar-refractivity contribution in [2.45, 2.75) is 18.4 Å². The first-order valence-electron chi connectivity index (χ1n) is 5.33. The lowest BCUT2D eigenvalue weighted by molar-refractivity contribution is 0.0789. The summed E-state index contributed by atoms with van der Waals surface area (Å²) in [6.45, 7) is 0.583. The monoisotopic (exact) mass is 203 g/mol. The van der Waals surface area contributed by atoms with Crippen molar-refractivity contribution >= 4 is 6.08 Å². The molecule has 2 rings (SSSR count). The van der Waals surface area contributed by atoms with Gasteiger partial charge in [0.1, 0.15) is 0 Å². The maximum atomic E-state index is 5.55. The SMILES string of the molecule is COC1(c2cccc(/C=C/CN)c2)CC1. The van der Waals surface area contributed by atoms with Crippen molar-refractivity contribution in [1.82, 2.24) is 0 Å². The summed E-state index contributed by atoms with van der Waals surface area (Å²) in [5.74, 6) is 0. The summed E-state index contributed by atoms with van der Waals surface area (Å²) >= 11 is 0. The van der Waals surface area contributed by atoms with Gasteiger partial charge < -0.3 is 10.5 Å². The van der Waals surface area contributed by atoms with Gasteiger partial charge >= 0.3 is 0 Å². The summed E-state index contributed by atoms with van der Waals surface area (Å²) in [7, 11) is 1.79. The Balaban J connectivity index is 2.23. The van der Waals surface area contributed by atoms with Crippen LogP contribution in [-0.2, 0) is 10.3 Å². The van der Waals surface area contributed by atoms with Crippen molar-refractivity contribution in [3.05, 3.63) is 41.5 Å². The van der Waals surface area contributed by atoms with Crippen LogP contribution in [0.4, 0.5) is 0 Å². The van der Waals surface area contributed by atoms with Gasteiger partial charge in [0, 0.05) is 13.7 Å². The van der Waals surface area contributed by atoms with E-state index in [-0.39, 0.29) is 5.60 Å². The Morgan fingerprint density at radius 1 is 1.47 bits per heavy atom. The van der Waals surface area contributed by atoms with Crippen molar-refractivity contribution in [1.29, 1.82) is 0 Å².